The van der Waals surface area contributed by atoms with Crippen LogP contribution < -0.4 is 9.46 Å². The van der Waals surface area contributed by atoms with E-state index in [0.29, 0.717) is 13.1 Å². The van der Waals surface area contributed by atoms with Crippen LogP contribution in [0.25, 0.3) is 0 Å². The van der Waals surface area contributed by atoms with Crippen molar-refractivity contribution in [3.63, 3.8) is 0 Å². The smallest absolute Gasteiger partial charge is 0.407 e. The van der Waals surface area contributed by atoms with Gasteiger partial charge in [-0.1, -0.05) is 12.1 Å². The topological polar surface area (TPSA) is 78.9 Å². The van der Waals surface area contributed by atoms with Gasteiger partial charge in [-0.05, 0) is 62.6 Å². The van der Waals surface area contributed by atoms with Gasteiger partial charge in [0, 0.05) is 13.1 Å². The number of fused-ring (bicyclic) bond motifs is 1. The van der Waals surface area contributed by atoms with Crippen LogP contribution in [0.4, 0.5) is 4.79 Å². The van der Waals surface area contributed by atoms with E-state index in [9.17, 15) is 14.1 Å². The summed E-state index contributed by atoms with van der Waals surface area (Å²) in [6.45, 7) is 6.88. The van der Waals surface area contributed by atoms with E-state index in [1.807, 2.05) is 32.9 Å². The molecule has 6 nitrogen and oxygen atoms in total. The molecule has 0 radical (unpaired) electrons. The van der Waals surface area contributed by atoms with Crippen LogP contribution in [-0.2, 0) is 17.4 Å². The zero-order valence-corrected chi connectivity index (χ0v) is 16.7. The van der Waals surface area contributed by atoms with Gasteiger partial charge in [-0.3, -0.25) is 0 Å². The standard InChI is InChI=1S/C19H28N2O4S/c1-18(2,3)26(24)20-16-13-6-5-7-15(25-4)14(13)12-19(16)8-10-21(11-9-19)17(22)23/h5-7,16,20H,8-12H2,1-4H3,(H,22,23)/t16-,26?/m1/s1. The lowest BCUT2D eigenvalue weighted by Gasteiger charge is -2.43. The Kier molecular flexibility index (Phi) is 5.05. The largest absolute Gasteiger partial charge is 0.496 e. The van der Waals surface area contributed by atoms with E-state index in [1.165, 1.54) is 4.90 Å². The molecule has 1 aromatic carbocycles. The zero-order chi connectivity index (χ0) is 19.1. The number of rotatable bonds is 3. The zero-order valence-electron chi connectivity index (χ0n) is 15.9. The van der Waals surface area contributed by atoms with Crippen molar-refractivity contribution < 1.29 is 18.8 Å². The van der Waals surface area contributed by atoms with Crippen molar-refractivity contribution in [2.24, 2.45) is 5.41 Å². The minimum absolute atomic E-state index is 0.0661. The normalized spacial score (nSPS) is 22.9. The predicted octanol–water partition coefficient (Wildman–Crippen LogP) is 3.10. The number of amides is 1. The molecule has 1 aromatic rings. The summed E-state index contributed by atoms with van der Waals surface area (Å²) >= 11 is 0. The summed E-state index contributed by atoms with van der Waals surface area (Å²) in [6.07, 6.45) is 1.45. The van der Waals surface area contributed by atoms with Crippen molar-refractivity contribution in [3.8, 4) is 5.75 Å². The third-order valence-corrected chi connectivity index (χ3v) is 7.21. The number of likely N-dealkylation sites (tertiary alicyclic amines) is 1. The van der Waals surface area contributed by atoms with Gasteiger partial charge in [-0.25, -0.2) is 13.7 Å². The van der Waals surface area contributed by atoms with Crippen LogP contribution in [0.1, 0.15) is 50.8 Å². The summed E-state index contributed by atoms with van der Waals surface area (Å²) in [5, 5.41) is 9.28. The average molecular weight is 381 g/mol. The molecule has 2 atom stereocenters. The van der Waals surface area contributed by atoms with E-state index >= 15 is 0 Å². The second-order valence-corrected chi connectivity index (χ2v) is 10.3. The molecule has 0 bridgehead atoms. The van der Waals surface area contributed by atoms with Gasteiger partial charge in [0.25, 0.3) is 0 Å². The summed E-state index contributed by atoms with van der Waals surface area (Å²) in [5.41, 5.74) is 2.15. The van der Waals surface area contributed by atoms with Crippen LogP contribution in [-0.4, -0.2) is 45.3 Å². The second-order valence-electron chi connectivity index (χ2n) is 8.27. The first-order chi connectivity index (χ1) is 12.2. The number of ether oxygens (including phenoxy) is 1. The van der Waals surface area contributed by atoms with E-state index < -0.39 is 17.1 Å². The van der Waals surface area contributed by atoms with Crippen LogP contribution in [0.15, 0.2) is 18.2 Å². The summed E-state index contributed by atoms with van der Waals surface area (Å²) in [4.78, 5) is 12.8. The fourth-order valence-corrected chi connectivity index (χ4v) is 5.04. The molecule has 1 aliphatic carbocycles. The lowest BCUT2D eigenvalue weighted by Crippen LogP contribution is -2.48. The first kappa shape index (κ1) is 19.2. The molecule has 1 saturated heterocycles. The summed E-state index contributed by atoms with van der Waals surface area (Å²) in [6, 6.07) is 5.94. The molecule has 0 saturated carbocycles. The maximum atomic E-state index is 12.8. The molecule has 1 unspecified atom stereocenters. The first-order valence-electron chi connectivity index (χ1n) is 9.00. The third kappa shape index (κ3) is 3.34. The lowest BCUT2D eigenvalue weighted by molar-refractivity contribution is 0.0766. The fourth-order valence-electron chi connectivity index (χ4n) is 4.10. The van der Waals surface area contributed by atoms with Crippen LogP contribution >= 0.6 is 0 Å². The predicted molar refractivity (Wildman–Crippen MR) is 102 cm³/mol. The minimum Gasteiger partial charge on any atom is -0.496 e. The Balaban J connectivity index is 1.96. The molecule has 144 valence electrons. The van der Waals surface area contributed by atoms with Crippen molar-refractivity contribution in [2.75, 3.05) is 20.2 Å². The molecule has 0 aromatic heterocycles. The average Bonchev–Trinajstić information content (AvgIpc) is 2.87. The van der Waals surface area contributed by atoms with Gasteiger partial charge >= 0.3 is 6.09 Å². The molecule has 7 heteroatoms. The Morgan fingerprint density at radius 1 is 1.35 bits per heavy atom. The highest BCUT2D eigenvalue weighted by Gasteiger charge is 2.50. The van der Waals surface area contributed by atoms with Crippen molar-refractivity contribution >= 4 is 17.1 Å². The van der Waals surface area contributed by atoms with Crippen molar-refractivity contribution in [3.05, 3.63) is 29.3 Å². The molecule has 26 heavy (non-hydrogen) atoms. The number of nitrogens with zero attached hydrogens (tertiary/aromatic N) is 1. The molecule has 1 aliphatic heterocycles. The molecule has 1 spiro atoms. The maximum absolute atomic E-state index is 12.8. The SMILES string of the molecule is COc1cccc2c1CC1(CCN(C(=O)O)CC1)[C@@H]2NS(=O)C(C)(C)C. The Hall–Kier alpha value is -1.60. The number of methoxy groups -OCH3 is 1. The quantitative estimate of drug-likeness (QED) is 0.845. The van der Waals surface area contributed by atoms with E-state index in [4.69, 9.17) is 4.74 Å². The van der Waals surface area contributed by atoms with Crippen LogP contribution in [0.2, 0.25) is 0 Å². The molecular weight excluding hydrogens is 352 g/mol. The first-order valence-corrected chi connectivity index (χ1v) is 10.1. The maximum Gasteiger partial charge on any atom is 0.407 e. The summed E-state index contributed by atoms with van der Waals surface area (Å²) < 4.78 is 21.4. The van der Waals surface area contributed by atoms with Crippen LogP contribution in [0.5, 0.6) is 5.75 Å². The molecule has 1 heterocycles. The Morgan fingerprint density at radius 3 is 2.54 bits per heavy atom. The lowest BCUT2D eigenvalue weighted by atomic mass is 9.73. The number of hydrogen-bond acceptors (Lipinski definition) is 3. The number of carboxylic acid groups (broad SMARTS) is 1. The van der Waals surface area contributed by atoms with Crippen molar-refractivity contribution in [2.45, 2.75) is 50.8 Å². The Labute approximate surface area is 157 Å². The molecule has 2 aliphatic rings. The van der Waals surface area contributed by atoms with Crippen LogP contribution in [0, 0.1) is 5.41 Å². The van der Waals surface area contributed by atoms with Gasteiger partial charge in [0.2, 0.25) is 0 Å². The summed E-state index contributed by atoms with van der Waals surface area (Å²) in [7, 11) is 0.461. The number of nitrogens with one attached hydrogen (secondary N) is 1. The Bertz CT molecular complexity index is 721. The van der Waals surface area contributed by atoms with Crippen molar-refractivity contribution in [1.82, 2.24) is 9.62 Å². The van der Waals surface area contributed by atoms with E-state index in [0.717, 1.165) is 36.1 Å². The number of carbonyl (C=O) groups is 1. The van der Waals surface area contributed by atoms with E-state index in [2.05, 4.69) is 10.8 Å². The molecule has 1 amide bonds. The molecular formula is C19H28N2O4S. The van der Waals surface area contributed by atoms with E-state index in [1.54, 1.807) is 7.11 Å². The van der Waals surface area contributed by atoms with Gasteiger partial charge in [0.15, 0.2) is 0 Å². The Morgan fingerprint density at radius 2 is 2.00 bits per heavy atom. The highest BCUT2D eigenvalue weighted by molar-refractivity contribution is 7.84. The number of hydrogen-bond donors (Lipinski definition) is 2. The number of benzene rings is 1. The van der Waals surface area contributed by atoms with Gasteiger partial charge in [0.05, 0.1) is 28.9 Å². The highest BCUT2D eigenvalue weighted by atomic mass is 32.2. The fraction of sp³-hybridized carbons (Fsp3) is 0.632. The molecule has 2 N–H and O–H groups in total. The minimum atomic E-state index is -1.21. The molecule has 1 fully saturated rings. The van der Waals surface area contributed by atoms with Gasteiger partial charge < -0.3 is 14.7 Å². The van der Waals surface area contributed by atoms with E-state index in [-0.39, 0.29) is 16.2 Å². The van der Waals surface area contributed by atoms with Crippen LogP contribution in [0.3, 0.4) is 0 Å². The highest BCUT2D eigenvalue weighted by Crippen LogP contribution is 2.54. The monoisotopic (exact) mass is 380 g/mol. The third-order valence-electron chi connectivity index (χ3n) is 5.65. The molecule has 3 rings (SSSR count). The number of piperidine rings is 1. The van der Waals surface area contributed by atoms with Gasteiger partial charge in [0.1, 0.15) is 5.75 Å². The summed E-state index contributed by atoms with van der Waals surface area (Å²) in [5.74, 6) is 0.855. The van der Waals surface area contributed by atoms with Gasteiger partial charge in [-0.2, -0.15) is 0 Å². The van der Waals surface area contributed by atoms with Crippen molar-refractivity contribution in [1.29, 1.82) is 0 Å². The van der Waals surface area contributed by atoms with Gasteiger partial charge in [-0.15, -0.1) is 0 Å². The second kappa shape index (κ2) is 6.85.